The summed E-state index contributed by atoms with van der Waals surface area (Å²) < 4.78 is 3.68. The van der Waals surface area contributed by atoms with Gasteiger partial charge in [0.25, 0.3) is 0 Å². The van der Waals surface area contributed by atoms with Crippen LogP contribution in [0.2, 0.25) is 0 Å². The Balaban J connectivity index is 2.06. The number of aromatic nitrogens is 4. The highest BCUT2D eigenvalue weighted by atomic mass is 15.3. The molecule has 90 valence electrons. The predicted molar refractivity (Wildman–Crippen MR) is 70.5 cm³/mol. The van der Waals surface area contributed by atoms with E-state index in [9.17, 15) is 0 Å². The van der Waals surface area contributed by atoms with Gasteiger partial charge in [0, 0.05) is 19.4 Å². The van der Waals surface area contributed by atoms with Crippen molar-refractivity contribution in [3.05, 3.63) is 54.4 Å². The average molecular weight is 238 g/mol. The van der Waals surface area contributed by atoms with Gasteiger partial charge in [-0.3, -0.25) is 4.68 Å². The summed E-state index contributed by atoms with van der Waals surface area (Å²) in [6.45, 7) is 2.05. The van der Waals surface area contributed by atoms with Gasteiger partial charge in [0.15, 0.2) is 0 Å². The van der Waals surface area contributed by atoms with Gasteiger partial charge in [-0.2, -0.15) is 10.2 Å². The van der Waals surface area contributed by atoms with E-state index in [0.717, 1.165) is 22.6 Å². The van der Waals surface area contributed by atoms with Crippen LogP contribution in [0.5, 0.6) is 0 Å². The molecule has 0 saturated carbocycles. The van der Waals surface area contributed by atoms with E-state index in [2.05, 4.69) is 17.1 Å². The summed E-state index contributed by atoms with van der Waals surface area (Å²) in [5, 5.41) is 8.99. The van der Waals surface area contributed by atoms with Crippen molar-refractivity contribution in [2.75, 3.05) is 0 Å². The normalized spacial score (nSPS) is 10.8. The maximum Gasteiger partial charge on any atom is 0.116 e. The summed E-state index contributed by atoms with van der Waals surface area (Å²) >= 11 is 0. The SMILES string of the molecule is Cc1cn(-c2ccccc2)nc1-c1ccn(C)n1. The van der Waals surface area contributed by atoms with Gasteiger partial charge in [-0.15, -0.1) is 0 Å². The second-order valence-electron chi connectivity index (χ2n) is 4.32. The van der Waals surface area contributed by atoms with Gasteiger partial charge in [-0.1, -0.05) is 18.2 Å². The van der Waals surface area contributed by atoms with Crippen molar-refractivity contribution in [2.24, 2.45) is 7.05 Å². The number of hydrogen-bond donors (Lipinski definition) is 0. The van der Waals surface area contributed by atoms with Crippen LogP contribution in [-0.2, 0) is 7.05 Å². The molecule has 0 atom stereocenters. The Labute approximate surface area is 105 Å². The molecule has 0 fully saturated rings. The lowest BCUT2D eigenvalue weighted by molar-refractivity contribution is 0.768. The van der Waals surface area contributed by atoms with Crippen molar-refractivity contribution in [2.45, 2.75) is 6.92 Å². The molecule has 0 amide bonds. The van der Waals surface area contributed by atoms with E-state index in [4.69, 9.17) is 0 Å². The van der Waals surface area contributed by atoms with Crippen LogP contribution >= 0.6 is 0 Å². The highest BCUT2D eigenvalue weighted by Crippen LogP contribution is 2.20. The zero-order chi connectivity index (χ0) is 12.5. The molecule has 0 spiro atoms. The summed E-state index contributed by atoms with van der Waals surface area (Å²) in [5.41, 5.74) is 4.02. The predicted octanol–water partition coefficient (Wildman–Crippen LogP) is 2.58. The molecule has 1 aromatic carbocycles. The highest BCUT2D eigenvalue weighted by Gasteiger charge is 2.10. The molecule has 2 heterocycles. The highest BCUT2D eigenvalue weighted by molar-refractivity contribution is 5.58. The Morgan fingerprint density at radius 2 is 1.78 bits per heavy atom. The van der Waals surface area contributed by atoms with Gasteiger partial charge >= 0.3 is 0 Å². The summed E-state index contributed by atoms with van der Waals surface area (Å²) in [6, 6.07) is 12.1. The van der Waals surface area contributed by atoms with Gasteiger partial charge in [-0.05, 0) is 30.7 Å². The third-order valence-corrected chi connectivity index (χ3v) is 2.87. The van der Waals surface area contributed by atoms with Crippen LogP contribution in [-0.4, -0.2) is 19.6 Å². The standard InChI is InChI=1S/C14H14N4/c1-11-10-18(12-6-4-3-5-7-12)16-14(11)13-8-9-17(2)15-13/h3-10H,1-2H3. The van der Waals surface area contributed by atoms with Crippen molar-refractivity contribution in [3.63, 3.8) is 0 Å². The molecule has 0 aliphatic heterocycles. The Morgan fingerprint density at radius 1 is 1.00 bits per heavy atom. The van der Waals surface area contributed by atoms with Gasteiger partial charge in [0.05, 0.1) is 5.69 Å². The summed E-state index contributed by atoms with van der Waals surface area (Å²) in [5.74, 6) is 0. The fourth-order valence-electron chi connectivity index (χ4n) is 1.97. The van der Waals surface area contributed by atoms with E-state index >= 15 is 0 Å². The van der Waals surface area contributed by atoms with Crippen LogP contribution < -0.4 is 0 Å². The Bertz CT molecular complexity index is 664. The van der Waals surface area contributed by atoms with E-state index in [1.165, 1.54) is 0 Å². The van der Waals surface area contributed by atoms with Crippen molar-refractivity contribution in [1.82, 2.24) is 19.6 Å². The Kier molecular flexibility index (Phi) is 2.48. The molecule has 3 rings (SSSR count). The number of nitrogens with zero attached hydrogens (tertiary/aromatic N) is 4. The van der Waals surface area contributed by atoms with Crippen molar-refractivity contribution < 1.29 is 0 Å². The maximum atomic E-state index is 4.60. The van der Waals surface area contributed by atoms with Crippen LogP contribution in [0.1, 0.15) is 5.56 Å². The summed E-state index contributed by atoms with van der Waals surface area (Å²) in [7, 11) is 1.91. The van der Waals surface area contributed by atoms with Crippen LogP contribution in [0.3, 0.4) is 0 Å². The molecule has 0 aliphatic carbocycles. The Morgan fingerprint density at radius 3 is 2.44 bits per heavy atom. The first-order valence-electron chi connectivity index (χ1n) is 5.86. The van der Waals surface area contributed by atoms with Gasteiger partial charge < -0.3 is 0 Å². The third-order valence-electron chi connectivity index (χ3n) is 2.87. The molecular weight excluding hydrogens is 224 g/mol. The molecule has 0 aliphatic rings. The lowest BCUT2D eigenvalue weighted by Crippen LogP contribution is -1.94. The van der Waals surface area contributed by atoms with Crippen molar-refractivity contribution in [3.8, 4) is 17.1 Å². The molecule has 4 nitrogen and oxygen atoms in total. The monoisotopic (exact) mass is 238 g/mol. The number of para-hydroxylation sites is 1. The fraction of sp³-hybridized carbons (Fsp3) is 0.143. The first-order valence-corrected chi connectivity index (χ1v) is 5.86. The molecule has 2 aromatic heterocycles. The fourth-order valence-corrected chi connectivity index (χ4v) is 1.97. The number of aryl methyl sites for hydroxylation is 2. The van der Waals surface area contributed by atoms with Gasteiger partial charge in [0.2, 0.25) is 0 Å². The molecule has 0 saturated heterocycles. The molecule has 3 aromatic rings. The van der Waals surface area contributed by atoms with E-state index in [1.54, 1.807) is 4.68 Å². The molecule has 0 N–H and O–H groups in total. The molecule has 0 bridgehead atoms. The minimum atomic E-state index is 0.907. The lowest BCUT2D eigenvalue weighted by atomic mass is 10.2. The minimum absolute atomic E-state index is 0.907. The molecular formula is C14H14N4. The van der Waals surface area contributed by atoms with Crippen LogP contribution in [0.4, 0.5) is 0 Å². The van der Waals surface area contributed by atoms with E-state index < -0.39 is 0 Å². The Hall–Kier alpha value is -2.36. The van der Waals surface area contributed by atoms with Crippen LogP contribution in [0.15, 0.2) is 48.8 Å². The van der Waals surface area contributed by atoms with Crippen molar-refractivity contribution >= 4 is 0 Å². The quantitative estimate of drug-likeness (QED) is 0.688. The minimum Gasteiger partial charge on any atom is -0.275 e. The zero-order valence-electron chi connectivity index (χ0n) is 10.4. The van der Waals surface area contributed by atoms with Crippen molar-refractivity contribution in [1.29, 1.82) is 0 Å². The number of hydrogen-bond acceptors (Lipinski definition) is 2. The number of benzene rings is 1. The van der Waals surface area contributed by atoms with Gasteiger partial charge in [0.1, 0.15) is 11.4 Å². The van der Waals surface area contributed by atoms with Gasteiger partial charge in [-0.25, -0.2) is 4.68 Å². The van der Waals surface area contributed by atoms with E-state index in [1.807, 2.05) is 60.5 Å². The molecule has 0 unspecified atom stereocenters. The summed E-state index contributed by atoms with van der Waals surface area (Å²) in [6.07, 6.45) is 3.95. The van der Waals surface area contributed by atoms with E-state index in [-0.39, 0.29) is 0 Å². The lowest BCUT2D eigenvalue weighted by Gasteiger charge is -1.99. The first-order chi connectivity index (χ1) is 8.74. The largest absolute Gasteiger partial charge is 0.275 e. The third kappa shape index (κ3) is 1.82. The summed E-state index contributed by atoms with van der Waals surface area (Å²) in [4.78, 5) is 0. The van der Waals surface area contributed by atoms with E-state index in [0.29, 0.717) is 0 Å². The number of rotatable bonds is 2. The molecule has 18 heavy (non-hydrogen) atoms. The smallest absolute Gasteiger partial charge is 0.116 e. The second-order valence-corrected chi connectivity index (χ2v) is 4.32. The second kappa shape index (κ2) is 4.14. The average Bonchev–Trinajstić information content (AvgIpc) is 2.97. The topological polar surface area (TPSA) is 35.6 Å². The van der Waals surface area contributed by atoms with Crippen LogP contribution in [0, 0.1) is 6.92 Å². The molecule has 0 radical (unpaired) electrons. The maximum absolute atomic E-state index is 4.60. The first kappa shape index (κ1) is 10.8. The van der Waals surface area contributed by atoms with Crippen LogP contribution in [0.25, 0.3) is 17.1 Å². The molecule has 4 heteroatoms. The zero-order valence-corrected chi connectivity index (χ0v) is 10.4.